The lowest BCUT2D eigenvalue weighted by atomic mass is 10.1. The third-order valence-electron chi connectivity index (χ3n) is 2.23. The number of unbranched alkanes of at least 4 members (excludes halogenated alkanes) is 1. The highest BCUT2D eigenvalue weighted by molar-refractivity contribution is 5.48. The van der Waals surface area contributed by atoms with Gasteiger partial charge in [-0.15, -0.1) is 6.42 Å². The fourth-order valence-corrected chi connectivity index (χ4v) is 1.36. The summed E-state index contributed by atoms with van der Waals surface area (Å²) < 4.78 is 0. The standard InChI is InChI=1S/C15H16O/c1-3-14-10-7-8-12-15(14)11-6-4-5-9-13(2)16/h1,7-8,10,12-13,16H,4-5,9H2,2H3. The van der Waals surface area contributed by atoms with Gasteiger partial charge in [0.1, 0.15) is 0 Å². The molecule has 0 aliphatic rings. The van der Waals surface area contributed by atoms with Crippen molar-refractivity contribution in [3.05, 3.63) is 35.4 Å². The second-order valence-corrected chi connectivity index (χ2v) is 3.73. The van der Waals surface area contributed by atoms with E-state index in [1.54, 1.807) is 6.92 Å². The smallest absolute Gasteiger partial charge is 0.0512 e. The average molecular weight is 212 g/mol. The molecule has 0 radical (unpaired) electrons. The first-order chi connectivity index (χ1) is 7.74. The number of terminal acetylenes is 1. The van der Waals surface area contributed by atoms with Gasteiger partial charge in [0.25, 0.3) is 0 Å². The predicted molar refractivity (Wildman–Crippen MR) is 66.8 cm³/mol. The van der Waals surface area contributed by atoms with E-state index in [2.05, 4.69) is 17.8 Å². The summed E-state index contributed by atoms with van der Waals surface area (Å²) in [6.07, 6.45) is 7.65. The number of benzene rings is 1. The Hall–Kier alpha value is -1.70. The fraction of sp³-hybridized carbons (Fsp3) is 0.333. The zero-order chi connectivity index (χ0) is 11.8. The molecule has 0 spiro atoms. The van der Waals surface area contributed by atoms with Crippen molar-refractivity contribution in [1.82, 2.24) is 0 Å². The summed E-state index contributed by atoms with van der Waals surface area (Å²) >= 11 is 0. The highest BCUT2D eigenvalue weighted by Gasteiger charge is 1.94. The second-order valence-electron chi connectivity index (χ2n) is 3.73. The lowest BCUT2D eigenvalue weighted by Gasteiger charge is -1.99. The summed E-state index contributed by atoms with van der Waals surface area (Å²) in [5.41, 5.74) is 1.74. The first-order valence-corrected chi connectivity index (χ1v) is 5.46. The van der Waals surface area contributed by atoms with Gasteiger partial charge in [0.05, 0.1) is 6.10 Å². The van der Waals surface area contributed by atoms with E-state index in [-0.39, 0.29) is 6.10 Å². The summed E-state index contributed by atoms with van der Waals surface area (Å²) in [5.74, 6) is 8.75. The topological polar surface area (TPSA) is 20.2 Å². The van der Waals surface area contributed by atoms with Crippen LogP contribution in [0.25, 0.3) is 0 Å². The maximum absolute atomic E-state index is 9.08. The van der Waals surface area contributed by atoms with Crippen molar-refractivity contribution in [2.24, 2.45) is 0 Å². The first kappa shape index (κ1) is 12.4. The number of hydrogen-bond donors (Lipinski definition) is 1. The van der Waals surface area contributed by atoms with Crippen molar-refractivity contribution in [2.75, 3.05) is 0 Å². The molecular formula is C15H16O. The minimum Gasteiger partial charge on any atom is -0.393 e. The van der Waals surface area contributed by atoms with E-state index in [9.17, 15) is 0 Å². The zero-order valence-electron chi connectivity index (χ0n) is 9.53. The van der Waals surface area contributed by atoms with Gasteiger partial charge in [0.2, 0.25) is 0 Å². The number of aliphatic hydroxyl groups is 1. The van der Waals surface area contributed by atoms with E-state index in [0.717, 1.165) is 30.4 Å². The minimum absolute atomic E-state index is 0.236. The molecule has 0 aliphatic carbocycles. The Bertz CT molecular complexity index is 427. The molecule has 1 heteroatoms. The largest absolute Gasteiger partial charge is 0.393 e. The number of rotatable bonds is 3. The summed E-state index contributed by atoms with van der Waals surface area (Å²) in [5, 5.41) is 9.08. The number of hydrogen-bond acceptors (Lipinski definition) is 1. The number of aliphatic hydroxyl groups excluding tert-OH is 1. The van der Waals surface area contributed by atoms with Crippen molar-refractivity contribution in [1.29, 1.82) is 0 Å². The van der Waals surface area contributed by atoms with Crippen LogP contribution in [-0.2, 0) is 0 Å². The van der Waals surface area contributed by atoms with E-state index < -0.39 is 0 Å². The Morgan fingerprint density at radius 2 is 2.00 bits per heavy atom. The van der Waals surface area contributed by atoms with Gasteiger partial charge >= 0.3 is 0 Å². The van der Waals surface area contributed by atoms with Crippen LogP contribution in [0.15, 0.2) is 24.3 Å². The maximum Gasteiger partial charge on any atom is 0.0512 e. The molecule has 0 heterocycles. The molecule has 0 bridgehead atoms. The molecule has 16 heavy (non-hydrogen) atoms. The molecule has 0 saturated heterocycles. The van der Waals surface area contributed by atoms with Gasteiger partial charge in [0.15, 0.2) is 0 Å². The Balaban J connectivity index is 2.54. The van der Waals surface area contributed by atoms with E-state index in [1.165, 1.54) is 0 Å². The van der Waals surface area contributed by atoms with Gasteiger partial charge in [-0.3, -0.25) is 0 Å². The van der Waals surface area contributed by atoms with Gasteiger partial charge in [-0.25, -0.2) is 0 Å². The summed E-state index contributed by atoms with van der Waals surface area (Å²) in [6.45, 7) is 1.79. The monoisotopic (exact) mass is 212 g/mol. The van der Waals surface area contributed by atoms with Gasteiger partial charge < -0.3 is 5.11 Å². The first-order valence-electron chi connectivity index (χ1n) is 5.46. The molecular weight excluding hydrogens is 196 g/mol. The quantitative estimate of drug-likeness (QED) is 0.603. The van der Waals surface area contributed by atoms with Crippen molar-refractivity contribution in [3.63, 3.8) is 0 Å². The van der Waals surface area contributed by atoms with Crippen LogP contribution < -0.4 is 0 Å². The maximum atomic E-state index is 9.08. The van der Waals surface area contributed by atoms with Gasteiger partial charge in [-0.2, -0.15) is 0 Å². The van der Waals surface area contributed by atoms with Crippen LogP contribution in [0.3, 0.4) is 0 Å². The molecule has 1 unspecified atom stereocenters. The highest BCUT2D eigenvalue weighted by atomic mass is 16.3. The minimum atomic E-state index is -0.236. The lowest BCUT2D eigenvalue weighted by molar-refractivity contribution is 0.182. The van der Waals surface area contributed by atoms with Gasteiger partial charge in [-0.1, -0.05) is 29.9 Å². The van der Waals surface area contributed by atoms with Crippen LogP contribution in [-0.4, -0.2) is 11.2 Å². The van der Waals surface area contributed by atoms with Crippen molar-refractivity contribution in [3.8, 4) is 24.2 Å². The summed E-state index contributed by atoms with van der Waals surface area (Å²) in [7, 11) is 0. The van der Waals surface area contributed by atoms with Gasteiger partial charge in [-0.05, 0) is 31.9 Å². The second kappa shape index (κ2) is 6.72. The SMILES string of the molecule is C#Cc1ccccc1C#CCCCC(C)O. The molecule has 1 aromatic carbocycles. The van der Waals surface area contributed by atoms with Gasteiger partial charge in [0, 0.05) is 17.5 Å². The Morgan fingerprint density at radius 1 is 1.31 bits per heavy atom. The van der Waals surface area contributed by atoms with E-state index >= 15 is 0 Å². The van der Waals surface area contributed by atoms with Crippen LogP contribution in [0.1, 0.15) is 37.3 Å². The Labute approximate surface area is 97.5 Å². The van der Waals surface area contributed by atoms with E-state index in [0.29, 0.717) is 0 Å². The average Bonchev–Trinajstić information content (AvgIpc) is 2.29. The third kappa shape index (κ3) is 4.22. The highest BCUT2D eigenvalue weighted by Crippen LogP contribution is 2.05. The molecule has 1 atom stereocenters. The molecule has 0 aliphatic heterocycles. The molecule has 0 aromatic heterocycles. The molecule has 1 aromatic rings. The fourth-order valence-electron chi connectivity index (χ4n) is 1.36. The van der Waals surface area contributed by atoms with Crippen LogP contribution in [0.5, 0.6) is 0 Å². The summed E-state index contributed by atoms with van der Waals surface area (Å²) in [4.78, 5) is 0. The Morgan fingerprint density at radius 3 is 2.62 bits per heavy atom. The zero-order valence-corrected chi connectivity index (χ0v) is 9.53. The molecule has 0 saturated carbocycles. The summed E-state index contributed by atoms with van der Waals surface area (Å²) in [6, 6.07) is 7.66. The molecule has 82 valence electrons. The van der Waals surface area contributed by atoms with Crippen molar-refractivity contribution < 1.29 is 5.11 Å². The van der Waals surface area contributed by atoms with Crippen molar-refractivity contribution in [2.45, 2.75) is 32.3 Å². The molecule has 0 fully saturated rings. The van der Waals surface area contributed by atoms with Crippen LogP contribution in [0.2, 0.25) is 0 Å². The molecule has 1 rings (SSSR count). The lowest BCUT2D eigenvalue weighted by Crippen LogP contribution is -1.97. The van der Waals surface area contributed by atoms with Crippen LogP contribution in [0, 0.1) is 24.2 Å². The van der Waals surface area contributed by atoms with Crippen molar-refractivity contribution >= 4 is 0 Å². The molecule has 1 nitrogen and oxygen atoms in total. The normalized spacial score (nSPS) is 11.1. The molecule has 1 N–H and O–H groups in total. The third-order valence-corrected chi connectivity index (χ3v) is 2.23. The predicted octanol–water partition coefficient (Wildman–Crippen LogP) is 2.57. The van der Waals surface area contributed by atoms with E-state index in [4.69, 9.17) is 11.5 Å². The molecule has 0 amide bonds. The van der Waals surface area contributed by atoms with Crippen LogP contribution >= 0.6 is 0 Å². The Kier molecular flexibility index (Phi) is 5.20. The van der Waals surface area contributed by atoms with Crippen LogP contribution in [0.4, 0.5) is 0 Å². The van der Waals surface area contributed by atoms with E-state index in [1.807, 2.05) is 24.3 Å².